The number of carbonyl (C=O) groups excluding carboxylic acids is 2. The molecule has 1 unspecified atom stereocenters. The Labute approximate surface area is 148 Å². The lowest BCUT2D eigenvalue weighted by Gasteiger charge is -2.21. The predicted molar refractivity (Wildman–Crippen MR) is 97.9 cm³/mol. The van der Waals surface area contributed by atoms with Gasteiger partial charge in [-0.2, -0.15) is 0 Å². The van der Waals surface area contributed by atoms with Gasteiger partial charge in [0.25, 0.3) is 0 Å². The summed E-state index contributed by atoms with van der Waals surface area (Å²) in [5.41, 5.74) is 2.87. The minimum Gasteiger partial charge on any atom is -0.345 e. The number of anilines is 1. The smallest absolute Gasteiger partial charge is 0.230 e. The summed E-state index contributed by atoms with van der Waals surface area (Å²) in [6, 6.07) is 9.70. The van der Waals surface area contributed by atoms with Gasteiger partial charge in [-0.3, -0.25) is 9.59 Å². The van der Waals surface area contributed by atoms with E-state index in [1.165, 1.54) is 6.33 Å². The molecule has 2 amide bonds. The number of nitrogens with one attached hydrogen (secondary N) is 1. The first kappa shape index (κ1) is 18.6. The van der Waals surface area contributed by atoms with Crippen molar-refractivity contribution in [3.8, 4) is 11.3 Å². The van der Waals surface area contributed by atoms with Gasteiger partial charge >= 0.3 is 0 Å². The topological polar surface area (TPSA) is 75.2 Å². The summed E-state index contributed by atoms with van der Waals surface area (Å²) in [5.74, 6) is 0.0464. The number of carbonyl (C=O) groups is 2. The van der Waals surface area contributed by atoms with Gasteiger partial charge in [-0.1, -0.05) is 31.2 Å². The van der Waals surface area contributed by atoms with Crippen LogP contribution in [0.15, 0.2) is 36.7 Å². The first-order valence-electron chi connectivity index (χ1n) is 8.47. The maximum Gasteiger partial charge on any atom is 0.230 e. The molecule has 0 aliphatic rings. The summed E-state index contributed by atoms with van der Waals surface area (Å²) < 4.78 is 0. The molecular formula is C19H24N4O2. The molecule has 0 spiro atoms. The Balaban J connectivity index is 2.14. The summed E-state index contributed by atoms with van der Waals surface area (Å²) in [7, 11) is 0. The van der Waals surface area contributed by atoms with Gasteiger partial charge in [-0.05, 0) is 25.8 Å². The van der Waals surface area contributed by atoms with Gasteiger partial charge in [0.15, 0.2) is 0 Å². The van der Waals surface area contributed by atoms with Crippen LogP contribution in [-0.4, -0.2) is 40.3 Å². The highest BCUT2D eigenvalue weighted by Crippen LogP contribution is 2.22. The normalized spacial score (nSPS) is 11.6. The fourth-order valence-electron chi connectivity index (χ4n) is 2.59. The second kappa shape index (κ2) is 8.92. The Morgan fingerprint density at radius 3 is 2.68 bits per heavy atom. The van der Waals surface area contributed by atoms with E-state index in [0.29, 0.717) is 25.3 Å². The average molecular weight is 340 g/mol. The van der Waals surface area contributed by atoms with E-state index < -0.39 is 0 Å². The van der Waals surface area contributed by atoms with Gasteiger partial charge in [-0.25, -0.2) is 9.97 Å². The van der Waals surface area contributed by atoms with Crippen LogP contribution in [0, 0.1) is 12.8 Å². The van der Waals surface area contributed by atoms with E-state index in [1.54, 1.807) is 11.0 Å². The molecule has 0 radical (unpaired) electrons. The Kier molecular flexibility index (Phi) is 6.62. The van der Waals surface area contributed by atoms with Crippen molar-refractivity contribution < 1.29 is 9.59 Å². The number of hydrogen-bond acceptors (Lipinski definition) is 4. The standard InChI is InChI=1S/C19H24N4O2/c1-4-15(11-23(5-2)13-24)19(25)22-18-10-17(20-12-21-18)16-9-7-6-8-14(16)3/h6-10,12-13,15H,4-5,11H2,1-3H3,(H,20,21,22,25). The fraction of sp³-hybridized carbons (Fsp3) is 0.368. The third-order valence-corrected chi connectivity index (χ3v) is 4.21. The minimum atomic E-state index is -0.276. The van der Waals surface area contributed by atoms with Crippen molar-refractivity contribution in [2.75, 3.05) is 18.4 Å². The Morgan fingerprint density at radius 2 is 2.04 bits per heavy atom. The van der Waals surface area contributed by atoms with Crippen molar-refractivity contribution in [3.63, 3.8) is 0 Å². The molecule has 1 N–H and O–H groups in total. The molecule has 1 aromatic carbocycles. The number of amides is 2. The molecule has 2 rings (SSSR count). The molecule has 1 atom stereocenters. The van der Waals surface area contributed by atoms with Gasteiger partial charge in [0.05, 0.1) is 11.6 Å². The molecule has 25 heavy (non-hydrogen) atoms. The number of rotatable bonds is 8. The number of aryl methyl sites for hydroxylation is 1. The third-order valence-electron chi connectivity index (χ3n) is 4.21. The highest BCUT2D eigenvalue weighted by Gasteiger charge is 2.19. The van der Waals surface area contributed by atoms with Gasteiger partial charge in [0.2, 0.25) is 12.3 Å². The number of nitrogens with zero attached hydrogens (tertiary/aromatic N) is 3. The molecule has 1 aromatic heterocycles. The summed E-state index contributed by atoms with van der Waals surface area (Å²) in [6.45, 7) is 6.82. The molecule has 0 aliphatic carbocycles. The second-order valence-corrected chi connectivity index (χ2v) is 5.89. The van der Waals surface area contributed by atoms with E-state index in [2.05, 4.69) is 15.3 Å². The summed E-state index contributed by atoms with van der Waals surface area (Å²) >= 11 is 0. The summed E-state index contributed by atoms with van der Waals surface area (Å²) in [6.07, 6.45) is 2.87. The van der Waals surface area contributed by atoms with E-state index in [4.69, 9.17) is 0 Å². The Bertz CT molecular complexity index is 733. The van der Waals surface area contributed by atoms with Crippen LogP contribution in [0.4, 0.5) is 5.82 Å². The largest absolute Gasteiger partial charge is 0.345 e. The van der Waals surface area contributed by atoms with Gasteiger partial charge in [-0.15, -0.1) is 0 Å². The molecule has 0 fully saturated rings. The predicted octanol–water partition coefficient (Wildman–Crippen LogP) is 2.90. The molecule has 0 bridgehead atoms. The zero-order valence-corrected chi connectivity index (χ0v) is 14.9. The van der Waals surface area contributed by atoms with Crippen molar-refractivity contribution in [1.82, 2.24) is 14.9 Å². The van der Waals surface area contributed by atoms with Crippen LogP contribution in [-0.2, 0) is 9.59 Å². The lowest BCUT2D eigenvalue weighted by Crippen LogP contribution is -2.35. The lowest BCUT2D eigenvalue weighted by atomic mass is 10.0. The van der Waals surface area contributed by atoms with Crippen LogP contribution in [0.1, 0.15) is 25.8 Å². The van der Waals surface area contributed by atoms with Crippen LogP contribution in [0.5, 0.6) is 0 Å². The van der Waals surface area contributed by atoms with Crippen molar-refractivity contribution >= 4 is 18.1 Å². The fourth-order valence-corrected chi connectivity index (χ4v) is 2.59. The second-order valence-electron chi connectivity index (χ2n) is 5.89. The molecule has 0 aliphatic heterocycles. The maximum atomic E-state index is 12.5. The molecule has 1 heterocycles. The highest BCUT2D eigenvalue weighted by atomic mass is 16.2. The van der Waals surface area contributed by atoms with Crippen LogP contribution in [0.3, 0.4) is 0 Å². The molecular weight excluding hydrogens is 316 g/mol. The zero-order valence-electron chi connectivity index (χ0n) is 14.9. The van der Waals surface area contributed by atoms with Gasteiger partial charge in [0, 0.05) is 24.7 Å². The maximum absolute atomic E-state index is 12.5. The van der Waals surface area contributed by atoms with E-state index in [1.807, 2.05) is 45.0 Å². The Hall–Kier alpha value is -2.76. The van der Waals surface area contributed by atoms with Crippen LogP contribution in [0.2, 0.25) is 0 Å². The van der Waals surface area contributed by atoms with E-state index in [-0.39, 0.29) is 11.8 Å². The Morgan fingerprint density at radius 1 is 1.28 bits per heavy atom. The van der Waals surface area contributed by atoms with Gasteiger partial charge in [0.1, 0.15) is 12.1 Å². The first-order chi connectivity index (χ1) is 12.1. The molecule has 6 heteroatoms. The van der Waals surface area contributed by atoms with Crippen LogP contribution < -0.4 is 5.32 Å². The van der Waals surface area contributed by atoms with E-state index in [9.17, 15) is 9.59 Å². The van der Waals surface area contributed by atoms with Crippen molar-refractivity contribution in [3.05, 3.63) is 42.2 Å². The highest BCUT2D eigenvalue weighted by molar-refractivity contribution is 5.92. The molecule has 0 saturated heterocycles. The van der Waals surface area contributed by atoms with Crippen molar-refractivity contribution in [1.29, 1.82) is 0 Å². The summed E-state index contributed by atoms with van der Waals surface area (Å²) in [4.78, 5) is 33.5. The number of benzene rings is 1. The monoisotopic (exact) mass is 340 g/mol. The van der Waals surface area contributed by atoms with Crippen LogP contribution in [0.25, 0.3) is 11.3 Å². The molecule has 0 saturated carbocycles. The molecule has 132 valence electrons. The number of aromatic nitrogens is 2. The minimum absolute atomic E-state index is 0.141. The first-order valence-corrected chi connectivity index (χ1v) is 8.47. The number of hydrogen-bond donors (Lipinski definition) is 1. The third kappa shape index (κ3) is 4.86. The van der Waals surface area contributed by atoms with Crippen molar-refractivity contribution in [2.24, 2.45) is 5.92 Å². The lowest BCUT2D eigenvalue weighted by molar-refractivity contribution is -0.123. The van der Waals surface area contributed by atoms with E-state index >= 15 is 0 Å². The van der Waals surface area contributed by atoms with E-state index in [0.717, 1.165) is 23.2 Å². The summed E-state index contributed by atoms with van der Waals surface area (Å²) in [5, 5.41) is 2.84. The van der Waals surface area contributed by atoms with Gasteiger partial charge < -0.3 is 10.2 Å². The average Bonchev–Trinajstić information content (AvgIpc) is 2.63. The molecule has 6 nitrogen and oxygen atoms in total. The molecule has 2 aromatic rings. The quantitative estimate of drug-likeness (QED) is 0.750. The SMILES string of the molecule is CCC(CN(C=O)CC)C(=O)Nc1cc(-c2ccccc2C)ncn1. The van der Waals surface area contributed by atoms with Crippen molar-refractivity contribution in [2.45, 2.75) is 27.2 Å². The zero-order chi connectivity index (χ0) is 18.2. The van der Waals surface area contributed by atoms with Crippen LogP contribution >= 0.6 is 0 Å².